The number of aromatic nitrogens is 4. The standard InChI is InChI=1S/C43H26N4O/c1-2-12-28(13-3-1)41-44-42(30-22-21-27-11-4-5-14-29(27)25-30)46-43(45-41)36-18-10-17-35-34-24-23-31(26-39(34)48-40(35)36)47-37-19-8-6-15-32(37)33-16-7-9-20-38(33)47/h1-26H. The summed E-state index contributed by atoms with van der Waals surface area (Å²) in [6, 6.07) is 54.5. The molecule has 48 heavy (non-hydrogen) atoms. The third-order valence-corrected chi connectivity index (χ3v) is 9.24. The van der Waals surface area contributed by atoms with Gasteiger partial charge in [-0.2, -0.15) is 0 Å². The molecule has 5 heteroatoms. The third-order valence-electron chi connectivity index (χ3n) is 9.24. The van der Waals surface area contributed by atoms with Gasteiger partial charge in [-0.05, 0) is 47.2 Å². The number of benzene rings is 7. The normalized spacial score (nSPS) is 11.8. The van der Waals surface area contributed by atoms with E-state index in [4.69, 9.17) is 19.4 Å². The summed E-state index contributed by atoms with van der Waals surface area (Å²) in [6.45, 7) is 0. The molecule has 0 aliphatic heterocycles. The van der Waals surface area contributed by atoms with Crippen LogP contribution >= 0.6 is 0 Å². The van der Waals surface area contributed by atoms with E-state index in [0.717, 1.165) is 60.7 Å². The molecule has 0 aliphatic carbocycles. The van der Waals surface area contributed by atoms with Crippen molar-refractivity contribution in [1.29, 1.82) is 0 Å². The second-order valence-corrected chi connectivity index (χ2v) is 12.1. The van der Waals surface area contributed by atoms with E-state index in [1.54, 1.807) is 0 Å². The molecule has 10 aromatic rings. The summed E-state index contributed by atoms with van der Waals surface area (Å²) in [5.74, 6) is 1.80. The first-order valence-corrected chi connectivity index (χ1v) is 16.0. The quantitative estimate of drug-likeness (QED) is 0.198. The third kappa shape index (κ3) is 4.15. The monoisotopic (exact) mass is 614 g/mol. The van der Waals surface area contributed by atoms with Crippen LogP contribution < -0.4 is 0 Å². The van der Waals surface area contributed by atoms with Crippen molar-refractivity contribution in [2.45, 2.75) is 0 Å². The second kappa shape index (κ2) is 10.5. The minimum absolute atomic E-state index is 0.569. The summed E-state index contributed by atoms with van der Waals surface area (Å²) in [5, 5.41) is 6.83. The molecule has 224 valence electrons. The molecular formula is C43H26N4O. The Morgan fingerprint density at radius 3 is 1.85 bits per heavy atom. The van der Waals surface area contributed by atoms with E-state index >= 15 is 0 Å². The molecule has 0 unspecified atom stereocenters. The molecule has 5 nitrogen and oxygen atoms in total. The largest absolute Gasteiger partial charge is 0.455 e. The Balaban J connectivity index is 1.17. The van der Waals surface area contributed by atoms with E-state index < -0.39 is 0 Å². The lowest BCUT2D eigenvalue weighted by Gasteiger charge is -2.09. The Hall–Kier alpha value is -6.59. The van der Waals surface area contributed by atoms with Crippen molar-refractivity contribution in [1.82, 2.24) is 19.5 Å². The van der Waals surface area contributed by atoms with Crippen molar-refractivity contribution in [2.75, 3.05) is 0 Å². The zero-order valence-electron chi connectivity index (χ0n) is 25.7. The molecule has 0 spiro atoms. The smallest absolute Gasteiger partial charge is 0.167 e. The zero-order chi connectivity index (χ0) is 31.6. The van der Waals surface area contributed by atoms with Crippen LogP contribution in [0.2, 0.25) is 0 Å². The average molecular weight is 615 g/mol. The van der Waals surface area contributed by atoms with Gasteiger partial charge >= 0.3 is 0 Å². The van der Waals surface area contributed by atoms with E-state index in [-0.39, 0.29) is 0 Å². The Kier molecular flexibility index (Phi) is 5.81. The van der Waals surface area contributed by atoms with Crippen molar-refractivity contribution in [2.24, 2.45) is 0 Å². The molecule has 0 N–H and O–H groups in total. The molecule has 0 fully saturated rings. The molecule has 0 saturated carbocycles. The fraction of sp³-hybridized carbons (Fsp3) is 0. The number of hydrogen-bond acceptors (Lipinski definition) is 4. The van der Waals surface area contributed by atoms with Gasteiger partial charge in [0.1, 0.15) is 11.2 Å². The fourth-order valence-corrected chi connectivity index (χ4v) is 6.97. The van der Waals surface area contributed by atoms with Crippen LogP contribution in [-0.2, 0) is 0 Å². The molecular weight excluding hydrogens is 589 g/mol. The lowest BCUT2D eigenvalue weighted by Crippen LogP contribution is -2.00. The Morgan fingerprint density at radius 2 is 1.06 bits per heavy atom. The van der Waals surface area contributed by atoms with Crippen LogP contribution in [0, 0.1) is 0 Å². The first-order valence-electron chi connectivity index (χ1n) is 16.0. The molecule has 3 heterocycles. The van der Waals surface area contributed by atoms with Crippen LogP contribution in [0.5, 0.6) is 0 Å². The molecule has 0 aliphatic rings. The van der Waals surface area contributed by atoms with Crippen molar-refractivity contribution >= 4 is 54.5 Å². The average Bonchev–Trinajstić information content (AvgIpc) is 3.70. The number of furan rings is 1. The van der Waals surface area contributed by atoms with Gasteiger partial charge in [-0.1, -0.05) is 115 Å². The van der Waals surface area contributed by atoms with Crippen LogP contribution in [0.3, 0.4) is 0 Å². The van der Waals surface area contributed by atoms with Crippen LogP contribution in [0.15, 0.2) is 162 Å². The molecule has 7 aromatic carbocycles. The number of rotatable bonds is 4. The Labute approximate surface area is 275 Å². The summed E-state index contributed by atoms with van der Waals surface area (Å²) >= 11 is 0. The van der Waals surface area contributed by atoms with Gasteiger partial charge in [0, 0.05) is 44.4 Å². The van der Waals surface area contributed by atoms with Gasteiger partial charge in [0.25, 0.3) is 0 Å². The molecule has 0 amide bonds. The van der Waals surface area contributed by atoms with E-state index in [1.165, 1.54) is 16.2 Å². The fourth-order valence-electron chi connectivity index (χ4n) is 6.97. The van der Waals surface area contributed by atoms with E-state index in [2.05, 4.69) is 126 Å². The molecule has 0 bridgehead atoms. The minimum atomic E-state index is 0.569. The molecule has 0 saturated heterocycles. The highest BCUT2D eigenvalue weighted by Gasteiger charge is 2.19. The maximum absolute atomic E-state index is 6.74. The van der Waals surface area contributed by atoms with Crippen LogP contribution in [0.1, 0.15) is 0 Å². The van der Waals surface area contributed by atoms with Crippen molar-refractivity contribution < 1.29 is 4.42 Å². The molecule has 10 rings (SSSR count). The molecule has 0 atom stereocenters. The maximum Gasteiger partial charge on any atom is 0.167 e. The summed E-state index contributed by atoms with van der Waals surface area (Å²) < 4.78 is 9.05. The van der Waals surface area contributed by atoms with Gasteiger partial charge in [0.2, 0.25) is 0 Å². The second-order valence-electron chi connectivity index (χ2n) is 12.1. The van der Waals surface area contributed by atoms with Gasteiger partial charge in [-0.25, -0.2) is 15.0 Å². The lowest BCUT2D eigenvalue weighted by atomic mass is 10.1. The number of para-hydroxylation sites is 3. The van der Waals surface area contributed by atoms with Crippen molar-refractivity contribution in [3.63, 3.8) is 0 Å². The summed E-state index contributed by atoms with van der Waals surface area (Å²) in [4.78, 5) is 15.1. The number of hydrogen-bond donors (Lipinski definition) is 0. The van der Waals surface area contributed by atoms with Crippen LogP contribution in [0.4, 0.5) is 0 Å². The molecule has 3 aromatic heterocycles. The zero-order valence-corrected chi connectivity index (χ0v) is 25.7. The molecule has 0 radical (unpaired) electrons. The van der Waals surface area contributed by atoms with E-state index in [9.17, 15) is 0 Å². The van der Waals surface area contributed by atoms with Gasteiger partial charge in [-0.15, -0.1) is 0 Å². The van der Waals surface area contributed by atoms with Gasteiger partial charge < -0.3 is 8.98 Å². The van der Waals surface area contributed by atoms with Crippen molar-refractivity contribution in [3.8, 4) is 39.9 Å². The maximum atomic E-state index is 6.74. The highest BCUT2D eigenvalue weighted by molar-refractivity contribution is 6.11. The topological polar surface area (TPSA) is 56.7 Å². The van der Waals surface area contributed by atoms with Gasteiger partial charge in [0.05, 0.1) is 16.6 Å². The van der Waals surface area contributed by atoms with Crippen molar-refractivity contribution in [3.05, 3.63) is 158 Å². The van der Waals surface area contributed by atoms with E-state index in [1.807, 2.05) is 36.4 Å². The van der Waals surface area contributed by atoms with Gasteiger partial charge in [0.15, 0.2) is 17.5 Å². The summed E-state index contributed by atoms with van der Waals surface area (Å²) in [6.07, 6.45) is 0. The number of fused-ring (bicyclic) bond motifs is 7. The first-order chi connectivity index (χ1) is 23.8. The predicted octanol–water partition coefficient (Wildman–Crippen LogP) is 11.0. The number of nitrogens with zero attached hydrogens (tertiary/aromatic N) is 4. The highest BCUT2D eigenvalue weighted by Crippen LogP contribution is 2.38. The summed E-state index contributed by atoms with van der Waals surface area (Å²) in [5.41, 5.74) is 7.61. The predicted molar refractivity (Wildman–Crippen MR) is 195 cm³/mol. The van der Waals surface area contributed by atoms with Crippen LogP contribution in [-0.4, -0.2) is 19.5 Å². The SMILES string of the molecule is c1ccc(-c2nc(-c3ccc4ccccc4c3)nc(-c3cccc4c3oc3cc(-n5c6ccccc6c6ccccc65)ccc34)n2)cc1. The minimum Gasteiger partial charge on any atom is -0.455 e. The van der Waals surface area contributed by atoms with Crippen LogP contribution in [0.25, 0.3) is 94.4 Å². The Bertz CT molecular complexity index is 2800. The lowest BCUT2D eigenvalue weighted by molar-refractivity contribution is 0.669. The highest BCUT2D eigenvalue weighted by atomic mass is 16.3. The summed E-state index contributed by atoms with van der Waals surface area (Å²) in [7, 11) is 0. The first kappa shape index (κ1) is 26.6. The Morgan fingerprint density at radius 1 is 0.417 bits per heavy atom. The van der Waals surface area contributed by atoms with E-state index in [0.29, 0.717) is 17.5 Å². The van der Waals surface area contributed by atoms with Gasteiger partial charge in [-0.3, -0.25) is 0 Å².